The van der Waals surface area contributed by atoms with E-state index in [1.54, 1.807) is 0 Å². The number of nitrogens with one attached hydrogen (secondary N) is 1. The number of nitrogens with zero attached hydrogens (tertiary/aromatic N) is 2. The van der Waals surface area contributed by atoms with Crippen molar-refractivity contribution < 1.29 is 9.53 Å². The van der Waals surface area contributed by atoms with Gasteiger partial charge in [0.1, 0.15) is 0 Å². The summed E-state index contributed by atoms with van der Waals surface area (Å²) in [5.41, 5.74) is 7.76. The number of hydrogen-bond donors (Lipinski definition) is 2. The number of carbonyl (C=O) groups is 1. The summed E-state index contributed by atoms with van der Waals surface area (Å²) in [6.45, 7) is 6.12. The molecule has 1 aromatic heterocycles. The zero-order valence-corrected chi connectivity index (χ0v) is 15.1. The fraction of sp³-hybridized carbons (Fsp3) is 0.529. The molecular formula is C17H27ClN4O2. The van der Waals surface area contributed by atoms with Gasteiger partial charge in [0.15, 0.2) is 0 Å². The van der Waals surface area contributed by atoms with Crippen molar-refractivity contribution in [2.75, 3.05) is 18.5 Å². The molecule has 0 saturated heterocycles. The van der Waals surface area contributed by atoms with Gasteiger partial charge in [-0.15, -0.1) is 12.4 Å². The third kappa shape index (κ3) is 5.19. The molecule has 6 nitrogen and oxygen atoms in total. The van der Waals surface area contributed by atoms with Gasteiger partial charge in [0.25, 0.3) is 0 Å². The molecule has 134 valence electrons. The van der Waals surface area contributed by atoms with Crippen LogP contribution in [0.1, 0.15) is 33.1 Å². The maximum Gasteiger partial charge on any atom is 0.243 e. The minimum absolute atomic E-state index is 0. The Balaban J connectivity index is 0.00000288. The summed E-state index contributed by atoms with van der Waals surface area (Å²) in [6, 6.07) is 7.35. The van der Waals surface area contributed by atoms with E-state index in [-0.39, 0.29) is 18.3 Å². The number of para-hydroxylation sites is 2. The zero-order chi connectivity index (χ0) is 16.7. The molecule has 0 aliphatic carbocycles. The van der Waals surface area contributed by atoms with E-state index in [9.17, 15) is 4.79 Å². The van der Waals surface area contributed by atoms with E-state index in [0.717, 1.165) is 30.4 Å². The van der Waals surface area contributed by atoms with E-state index in [2.05, 4.69) is 10.3 Å². The number of rotatable bonds is 9. The second kappa shape index (κ2) is 10.3. The van der Waals surface area contributed by atoms with Gasteiger partial charge >= 0.3 is 0 Å². The van der Waals surface area contributed by atoms with Crippen LogP contribution in [0.2, 0.25) is 0 Å². The number of amides is 1. The number of benzene rings is 1. The summed E-state index contributed by atoms with van der Waals surface area (Å²) < 4.78 is 7.41. The van der Waals surface area contributed by atoms with Crippen LogP contribution in [0.3, 0.4) is 0 Å². The summed E-state index contributed by atoms with van der Waals surface area (Å²) >= 11 is 0. The topological polar surface area (TPSA) is 82.2 Å². The highest BCUT2D eigenvalue weighted by Crippen LogP contribution is 2.20. The Hall–Kier alpha value is -1.63. The molecule has 1 aromatic carbocycles. The molecule has 3 N–H and O–H groups in total. The monoisotopic (exact) mass is 354 g/mol. The van der Waals surface area contributed by atoms with E-state index in [1.165, 1.54) is 0 Å². The van der Waals surface area contributed by atoms with Crippen molar-refractivity contribution in [3.05, 3.63) is 24.3 Å². The van der Waals surface area contributed by atoms with Gasteiger partial charge in [0.05, 0.1) is 17.1 Å². The fourth-order valence-corrected chi connectivity index (χ4v) is 2.51. The van der Waals surface area contributed by atoms with Crippen LogP contribution in [0.4, 0.5) is 5.95 Å². The summed E-state index contributed by atoms with van der Waals surface area (Å²) in [4.78, 5) is 16.7. The van der Waals surface area contributed by atoms with Gasteiger partial charge in [-0.3, -0.25) is 10.1 Å². The van der Waals surface area contributed by atoms with E-state index in [0.29, 0.717) is 25.6 Å². The number of ether oxygens (including phenoxy) is 1. The number of anilines is 1. The highest BCUT2D eigenvalue weighted by atomic mass is 35.5. The minimum atomic E-state index is -0.503. The first kappa shape index (κ1) is 20.4. The third-order valence-electron chi connectivity index (χ3n) is 3.70. The molecule has 0 aliphatic rings. The highest BCUT2D eigenvalue weighted by molar-refractivity contribution is 5.95. The number of aryl methyl sites for hydroxylation is 1. The van der Waals surface area contributed by atoms with E-state index < -0.39 is 6.04 Å². The third-order valence-corrected chi connectivity index (χ3v) is 3.70. The summed E-state index contributed by atoms with van der Waals surface area (Å²) in [5, 5.41) is 2.87. The Morgan fingerprint density at radius 2 is 2.12 bits per heavy atom. The van der Waals surface area contributed by atoms with Crippen LogP contribution in [-0.2, 0) is 16.1 Å². The maximum absolute atomic E-state index is 12.2. The van der Waals surface area contributed by atoms with Crippen LogP contribution in [-0.4, -0.2) is 34.7 Å². The van der Waals surface area contributed by atoms with Crippen molar-refractivity contribution >= 4 is 35.3 Å². The van der Waals surface area contributed by atoms with Crippen molar-refractivity contribution in [3.8, 4) is 0 Å². The summed E-state index contributed by atoms with van der Waals surface area (Å²) in [6.07, 6.45) is 2.40. The molecule has 0 radical (unpaired) electrons. The first-order valence-corrected chi connectivity index (χ1v) is 8.26. The first-order valence-electron chi connectivity index (χ1n) is 8.26. The first-order chi connectivity index (χ1) is 11.2. The molecule has 24 heavy (non-hydrogen) atoms. The average Bonchev–Trinajstić information content (AvgIpc) is 2.89. The Labute approximate surface area is 149 Å². The Kier molecular flexibility index (Phi) is 8.74. The van der Waals surface area contributed by atoms with Gasteiger partial charge in [-0.05, 0) is 31.9 Å². The smallest absolute Gasteiger partial charge is 0.243 e. The predicted octanol–water partition coefficient (Wildman–Crippen LogP) is 2.95. The van der Waals surface area contributed by atoms with Crippen molar-refractivity contribution in [1.29, 1.82) is 0 Å². The molecule has 1 unspecified atom stereocenters. The van der Waals surface area contributed by atoms with Crippen molar-refractivity contribution in [2.24, 2.45) is 5.73 Å². The number of carbonyl (C=O) groups excluding carboxylic acids is 1. The zero-order valence-electron chi connectivity index (χ0n) is 14.3. The minimum Gasteiger partial charge on any atom is -0.382 e. The Morgan fingerprint density at radius 1 is 1.38 bits per heavy atom. The second-order valence-electron chi connectivity index (χ2n) is 5.51. The standard InChI is InChI=1S/C17H26N4O2.ClH/c1-3-8-13(18)16(22)20-17-19-14-9-5-6-10-15(14)21(17)11-7-12-23-4-2;/h5-6,9-10,13H,3-4,7-8,11-12,18H2,1-2H3,(H,19,20,22);1H. The van der Waals surface area contributed by atoms with Crippen LogP contribution >= 0.6 is 12.4 Å². The van der Waals surface area contributed by atoms with Crippen molar-refractivity contribution in [3.63, 3.8) is 0 Å². The molecule has 0 spiro atoms. The van der Waals surface area contributed by atoms with Gasteiger partial charge in [-0.2, -0.15) is 0 Å². The lowest BCUT2D eigenvalue weighted by atomic mass is 10.2. The molecule has 2 rings (SSSR count). The molecule has 1 amide bonds. The van der Waals surface area contributed by atoms with Crippen molar-refractivity contribution in [1.82, 2.24) is 9.55 Å². The summed E-state index contributed by atoms with van der Waals surface area (Å²) in [5.74, 6) is 0.368. The molecule has 7 heteroatoms. The van der Waals surface area contributed by atoms with Gasteiger partial charge < -0.3 is 15.0 Å². The van der Waals surface area contributed by atoms with Gasteiger partial charge in [0.2, 0.25) is 11.9 Å². The lowest BCUT2D eigenvalue weighted by Crippen LogP contribution is -2.36. The van der Waals surface area contributed by atoms with E-state index in [1.807, 2.05) is 42.7 Å². The molecular weight excluding hydrogens is 328 g/mol. The van der Waals surface area contributed by atoms with Gasteiger partial charge in [0, 0.05) is 19.8 Å². The Morgan fingerprint density at radius 3 is 2.83 bits per heavy atom. The van der Waals surface area contributed by atoms with Crippen LogP contribution < -0.4 is 11.1 Å². The maximum atomic E-state index is 12.2. The van der Waals surface area contributed by atoms with Crippen LogP contribution in [0.5, 0.6) is 0 Å². The van der Waals surface area contributed by atoms with E-state index >= 15 is 0 Å². The number of nitrogens with two attached hydrogens (primary N) is 1. The number of halogens is 1. The number of hydrogen-bond acceptors (Lipinski definition) is 4. The number of fused-ring (bicyclic) bond motifs is 1. The fourth-order valence-electron chi connectivity index (χ4n) is 2.51. The predicted molar refractivity (Wildman–Crippen MR) is 99.6 cm³/mol. The largest absolute Gasteiger partial charge is 0.382 e. The molecule has 2 aromatic rings. The second-order valence-corrected chi connectivity index (χ2v) is 5.51. The van der Waals surface area contributed by atoms with Crippen LogP contribution in [0.15, 0.2) is 24.3 Å². The van der Waals surface area contributed by atoms with Crippen LogP contribution in [0.25, 0.3) is 11.0 Å². The van der Waals surface area contributed by atoms with Crippen molar-refractivity contribution in [2.45, 2.75) is 45.7 Å². The Bertz CT molecular complexity index is 645. The lowest BCUT2D eigenvalue weighted by Gasteiger charge is -2.13. The van der Waals surface area contributed by atoms with Crippen LogP contribution in [0, 0.1) is 0 Å². The highest BCUT2D eigenvalue weighted by Gasteiger charge is 2.17. The SMILES string of the molecule is CCCC(N)C(=O)Nc1nc2ccccc2n1CCCOCC.Cl. The quantitative estimate of drug-likeness (QED) is 0.678. The number of imidazole rings is 1. The normalized spacial score (nSPS) is 12.0. The molecule has 0 bridgehead atoms. The lowest BCUT2D eigenvalue weighted by molar-refractivity contribution is -0.117. The molecule has 0 saturated carbocycles. The average molecular weight is 355 g/mol. The summed E-state index contributed by atoms with van der Waals surface area (Å²) in [7, 11) is 0. The number of aromatic nitrogens is 2. The molecule has 0 aliphatic heterocycles. The van der Waals surface area contributed by atoms with E-state index in [4.69, 9.17) is 10.5 Å². The molecule has 1 atom stereocenters. The van der Waals surface area contributed by atoms with Gasteiger partial charge in [-0.1, -0.05) is 25.5 Å². The molecule has 1 heterocycles. The van der Waals surface area contributed by atoms with Gasteiger partial charge in [-0.25, -0.2) is 4.98 Å². The molecule has 0 fully saturated rings.